The van der Waals surface area contributed by atoms with Crippen LogP contribution in [-0.2, 0) is 16.0 Å². The minimum absolute atomic E-state index is 0.287. The highest BCUT2D eigenvalue weighted by atomic mass is 16.7. The van der Waals surface area contributed by atoms with Crippen LogP contribution in [0.5, 0.6) is 11.5 Å². The fourth-order valence-electron chi connectivity index (χ4n) is 4.52. The van der Waals surface area contributed by atoms with Crippen molar-refractivity contribution in [1.82, 2.24) is 5.32 Å². The van der Waals surface area contributed by atoms with Crippen molar-refractivity contribution < 1.29 is 34.0 Å². The zero-order valence-corrected chi connectivity index (χ0v) is 21.4. The molecule has 3 N–H and O–H groups in total. The topological polar surface area (TPSA) is 106 Å². The molecule has 0 aromatic heterocycles. The molecule has 1 aliphatic rings. The zero-order valence-electron chi connectivity index (χ0n) is 21.4. The molecule has 8 nitrogen and oxygen atoms in total. The van der Waals surface area contributed by atoms with Crippen molar-refractivity contribution in [3.63, 3.8) is 0 Å². The highest BCUT2D eigenvalue weighted by molar-refractivity contribution is 6.01. The largest absolute Gasteiger partial charge is 0.497 e. The van der Waals surface area contributed by atoms with E-state index in [1.807, 2.05) is 54.6 Å². The SMILES string of the molecule is COc1ccc(-c2ccc(O[C@H]3OC(C)(C)[C@H](OC)[C@@H](O)[C@H]3O)cc2C(=O)NCc2ccccc2)cc1. The van der Waals surface area contributed by atoms with Crippen LogP contribution >= 0.6 is 0 Å². The first-order valence-electron chi connectivity index (χ1n) is 12.1. The van der Waals surface area contributed by atoms with Crippen molar-refractivity contribution in [2.75, 3.05) is 14.2 Å². The molecular weight excluding hydrogens is 474 g/mol. The summed E-state index contributed by atoms with van der Waals surface area (Å²) >= 11 is 0. The predicted octanol–water partition coefficient (Wildman–Crippen LogP) is 3.54. The lowest BCUT2D eigenvalue weighted by Crippen LogP contribution is -2.63. The highest BCUT2D eigenvalue weighted by Crippen LogP contribution is 2.34. The third-order valence-corrected chi connectivity index (χ3v) is 6.48. The Bertz CT molecular complexity index is 1200. The molecule has 0 spiro atoms. The maximum atomic E-state index is 13.4. The van der Waals surface area contributed by atoms with Gasteiger partial charge in [0.1, 0.15) is 29.8 Å². The van der Waals surface area contributed by atoms with Crippen molar-refractivity contribution in [2.45, 2.75) is 50.6 Å². The molecule has 0 saturated carbocycles. The quantitative estimate of drug-likeness (QED) is 0.428. The number of methoxy groups -OCH3 is 2. The Kier molecular flexibility index (Phi) is 8.14. The lowest BCUT2D eigenvalue weighted by molar-refractivity contribution is -0.305. The molecule has 1 saturated heterocycles. The monoisotopic (exact) mass is 507 g/mol. The molecule has 3 aromatic rings. The highest BCUT2D eigenvalue weighted by Gasteiger charge is 2.50. The molecular formula is C29H33NO7. The Labute approximate surface area is 216 Å². The normalized spacial score (nSPS) is 22.8. The number of rotatable bonds is 8. The second kappa shape index (κ2) is 11.3. The van der Waals surface area contributed by atoms with Gasteiger partial charge in [-0.3, -0.25) is 4.79 Å². The van der Waals surface area contributed by atoms with Gasteiger partial charge in [-0.1, -0.05) is 42.5 Å². The zero-order chi connectivity index (χ0) is 26.6. The Morgan fingerprint density at radius 1 is 0.946 bits per heavy atom. The Hall–Kier alpha value is -3.43. The van der Waals surface area contributed by atoms with E-state index in [1.165, 1.54) is 7.11 Å². The number of carbonyl (C=O) groups is 1. The van der Waals surface area contributed by atoms with Gasteiger partial charge in [0.05, 0.1) is 18.3 Å². The molecule has 196 valence electrons. The van der Waals surface area contributed by atoms with Gasteiger partial charge in [0, 0.05) is 13.7 Å². The van der Waals surface area contributed by atoms with Crippen LogP contribution in [0.2, 0.25) is 0 Å². The van der Waals surface area contributed by atoms with E-state index in [1.54, 1.807) is 39.2 Å². The Morgan fingerprint density at radius 3 is 2.27 bits per heavy atom. The minimum atomic E-state index is -1.35. The summed E-state index contributed by atoms with van der Waals surface area (Å²) in [5.41, 5.74) is 1.96. The number of amides is 1. The predicted molar refractivity (Wildman–Crippen MR) is 138 cm³/mol. The van der Waals surface area contributed by atoms with E-state index in [2.05, 4.69) is 5.32 Å². The first-order valence-corrected chi connectivity index (χ1v) is 12.1. The number of aliphatic hydroxyl groups excluding tert-OH is 2. The van der Waals surface area contributed by atoms with Crippen LogP contribution in [0.4, 0.5) is 0 Å². The van der Waals surface area contributed by atoms with E-state index < -0.39 is 30.2 Å². The second-order valence-corrected chi connectivity index (χ2v) is 9.45. The van der Waals surface area contributed by atoms with E-state index in [9.17, 15) is 15.0 Å². The molecule has 1 amide bonds. The first-order chi connectivity index (χ1) is 17.7. The lowest BCUT2D eigenvalue weighted by atomic mass is 9.89. The van der Waals surface area contributed by atoms with Crippen LogP contribution in [0.1, 0.15) is 29.8 Å². The molecule has 8 heteroatoms. The summed E-state index contributed by atoms with van der Waals surface area (Å²) in [5.74, 6) is 0.729. The average Bonchev–Trinajstić information content (AvgIpc) is 2.91. The number of nitrogens with one attached hydrogen (secondary N) is 1. The maximum absolute atomic E-state index is 13.4. The molecule has 3 aromatic carbocycles. The first kappa shape index (κ1) is 26.6. The summed E-state index contributed by atoms with van der Waals surface area (Å²) in [7, 11) is 3.05. The van der Waals surface area contributed by atoms with Crippen molar-refractivity contribution in [1.29, 1.82) is 0 Å². The van der Waals surface area contributed by atoms with Crippen LogP contribution in [-0.4, -0.2) is 60.5 Å². The Balaban J connectivity index is 1.63. The summed E-state index contributed by atoms with van der Waals surface area (Å²) in [5, 5.41) is 24.2. The molecule has 0 bridgehead atoms. The van der Waals surface area contributed by atoms with Gasteiger partial charge in [-0.2, -0.15) is 0 Å². The van der Waals surface area contributed by atoms with Crippen molar-refractivity contribution in [3.8, 4) is 22.6 Å². The molecule has 0 aliphatic carbocycles. The van der Waals surface area contributed by atoms with E-state index in [-0.39, 0.29) is 5.91 Å². The maximum Gasteiger partial charge on any atom is 0.252 e. The number of ether oxygens (including phenoxy) is 4. The molecule has 37 heavy (non-hydrogen) atoms. The second-order valence-electron chi connectivity index (χ2n) is 9.45. The van der Waals surface area contributed by atoms with Gasteiger partial charge in [0.2, 0.25) is 6.29 Å². The summed E-state index contributed by atoms with van der Waals surface area (Å²) < 4.78 is 22.5. The van der Waals surface area contributed by atoms with Crippen molar-refractivity contribution >= 4 is 5.91 Å². The van der Waals surface area contributed by atoms with Gasteiger partial charge in [0.15, 0.2) is 0 Å². The van der Waals surface area contributed by atoms with Crippen molar-refractivity contribution in [3.05, 3.63) is 83.9 Å². The fourth-order valence-corrected chi connectivity index (χ4v) is 4.52. The fraction of sp³-hybridized carbons (Fsp3) is 0.345. The number of hydrogen-bond acceptors (Lipinski definition) is 7. The minimum Gasteiger partial charge on any atom is -0.497 e. The van der Waals surface area contributed by atoms with E-state index in [0.29, 0.717) is 29.2 Å². The average molecular weight is 508 g/mol. The molecule has 0 radical (unpaired) electrons. The molecule has 1 aliphatic heterocycles. The summed E-state index contributed by atoms with van der Waals surface area (Å²) in [4.78, 5) is 13.4. The molecule has 1 heterocycles. The van der Waals surface area contributed by atoms with Crippen LogP contribution in [0.15, 0.2) is 72.8 Å². The molecule has 1 fully saturated rings. The van der Waals surface area contributed by atoms with Gasteiger partial charge in [0.25, 0.3) is 5.91 Å². The standard InChI is InChI=1S/C29H33NO7/c1-29(2)26(35-4)24(31)25(32)28(37-29)36-21-14-15-22(19-10-12-20(34-3)13-11-19)23(16-21)27(33)30-17-18-8-6-5-7-9-18/h5-16,24-26,28,31-32H,17H2,1-4H3,(H,30,33)/t24-,25+,26+,28-/m0/s1. The summed E-state index contributed by atoms with van der Waals surface area (Å²) in [6.07, 6.45) is -4.47. The number of benzene rings is 3. The summed E-state index contributed by atoms with van der Waals surface area (Å²) in [6.45, 7) is 3.86. The third-order valence-electron chi connectivity index (χ3n) is 6.48. The smallest absolute Gasteiger partial charge is 0.252 e. The van der Waals surface area contributed by atoms with Gasteiger partial charge < -0.3 is 34.5 Å². The van der Waals surface area contributed by atoms with Gasteiger partial charge in [-0.25, -0.2) is 0 Å². The molecule has 0 unspecified atom stereocenters. The number of carbonyl (C=O) groups excluding carboxylic acids is 1. The Morgan fingerprint density at radius 2 is 1.62 bits per heavy atom. The van der Waals surface area contributed by atoms with Gasteiger partial charge >= 0.3 is 0 Å². The van der Waals surface area contributed by atoms with E-state index >= 15 is 0 Å². The summed E-state index contributed by atoms with van der Waals surface area (Å²) in [6, 6.07) is 22.1. The molecule has 4 atom stereocenters. The number of aliphatic hydroxyl groups is 2. The van der Waals surface area contributed by atoms with Gasteiger partial charge in [-0.05, 0) is 60.9 Å². The lowest BCUT2D eigenvalue weighted by Gasteiger charge is -2.46. The molecule has 4 rings (SSSR count). The van der Waals surface area contributed by atoms with E-state index in [4.69, 9.17) is 18.9 Å². The van der Waals surface area contributed by atoms with Crippen LogP contribution in [0.3, 0.4) is 0 Å². The van der Waals surface area contributed by atoms with Crippen LogP contribution in [0.25, 0.3) is 11.1 Å². The van der Waals surface area contributed by atoms with Crippen LogP contribution in [0, 0.1) is 0 Å². The van der Waals surface area contributed by atoms with Gasteiger partial charge in [-0.15, -0.1) is 0 Å². The number of hydrogen-bond donors (Lipinski definition) is 3. The van der Waals surface area contributed by atoms with Crippen molar-refractivity contribution in [2.24, 2.45) is 0 Å². The third kappa shape index (κ3) is 5.94. The van der Waals surface area contributed by atoms with E-state index in [0.717, 1.165) is 11.1 Å². The van der Waals surface area contributed by atoms with Crippen LogP contribution < -0.4 is 14.8 Å².